The number of para-hydroxylation sites is 1. The highest BCUT2D eigenvalue weighted by Crippen LogP contribution is 2.25. The van der Waals surface area contributed by atoms with Gasteiger partial charge in [0.25, 0.3) is 0 Å². The monoisotopic (exact) mass is 227 g/mol. The van der Waals surface area contributed by atoms with Gasteiger partial charge in [-0.25, -0.2) is 4.39 Å². The van der Waals surface area contributed by atoms with Crippen molar-refractivity contribution in [3.63, 3.8) is 0 Å². The van der Waals surface area contributed by atoms with Gasteiger partial charge >= 0.3 is 0 Å². The summed E-state index contributed by atoms with van der Waals surface area (Å²) in [6, 6.07) is 13.1. The molecular weight excluding hydrogens is 217 g/mol. The van der Waals surface area contributed by atoms with Crippen LogP contribution in [0.15, 0.2) is 42.5 Å². The van der Waals surface area contributed by atoms with E-state index in [1.54, 1.807) is 24.3 Å². The minimum Gasteiger partial charge on any atom is -0.397 e. The van der Waals surface area contributed by atoms with Gasteiger partial charge in [0.2, 0.25) is 0 Å². The predicted molar refractivity (Wildman–Crippen MR) is 65.3 cm³/mol. The number of nitrogens with two attached hydrogens (primary N) is 1. The first-order valence-corrected chi connectivity index (χ1v) is 5.02. The highest BCUT2D eigenvalue weighted by atomic mass is 19.1. The lowest BCUT2D eigenvalue weighted by molar-refractivity contribution is 0.628. The molecular formula is C13H10FN3. The molecule has 0 unspecified atom stereocenters. The molecule has 3 nitrogen and oxygen atoms in total. The molecule has 3 N–H and O–H groups in total. The Kier molecular flexibility index (Phi) is 2.93. The predicted octanol–water partition coefficient (Wildman–Crippen LogP) is 3.02. The number of hydrogen-bond acceptors (Lipinski definition) is 3. The molecule has 17 heavy (non-hydrogen) atoms. The quantitative estimate of drug-likeness (QED) is 0.775. The maximum atomic E-state index is 13.1. The van der Waals surface area contributed by atoms with E-state index in [4.69, 9.17) is 11.0 Å². The molecule has 0 aliphatic carbocycles. The fourth-order valence-electron chi connectivity index (χ4n) is 1.47. The Morgan fingerprint density at radius 2 is 1.88 bits per heavy atom. The Morgan fingerprint density at radius 3 is 2.65 bits per heavy atom. The summed E-state index contributed by atoms with van der Waals surface area (Å²) in [6.45, 7) is 0. The van der Waals surface area contributed by atoms with Crippen molar-refractivity contribution in [3.8, 4) is 6.07 Å². The number of halogens is 1. The first-order valence-electron chi connectivity index (χ1n) is 5.02. The van der Waals surface area contributed by atoms with Crippen LogP contribution in [0, 0.1) is 17.1 Å². The fourth-order valence-corrected chi connectivity index (χ4v) is 1.47. The maximum absolute atomic E-state index is 13.1. The largest absolute Gasteiger partial charge is 0.397 e. The molecule has 0 fully saturated rings. The lowest BCUT2D eigenvalue weighted by atomic mass is 10.2. The second-order valence-electron chi connectivity index (χ2n) is 3.51. The third kappa shape index (κ3) is 2.34. The van der Waals surface area contributed by atoms with Gasteiger partial charge in [-0.3, -0.25) is 0 Å². The SMILES string of the molecule is N#Cc1ccccc1Nc1cc(F)ccc1N. The van der Waals surface area contributed by atoms with Crippen molar-refractivity contribution in [1.29, 1.82) is 5.26 Å². The van der Waals surface area contributed by atoms with Crippen molar-refractivity contribution in [2.75, 3.05) is 11.1 Å². The molecule has 2 aromatic carbocycles. The summed E-state index contributed by atoms with van der Waals surface area (Å²) in [4.78, 5) is 0. The van der Waals surface area contributed by atoms with Gasteiger partial charge in [0.15, 0.2) is 0 Å². The molecule has 0 aromatic heterocycles. The first kappa shape index (κ1) is 11.0. The van der Waals surface area contributed by atoms with Crippen molar-refractivity contribution >= 4 is 17.1 Å². The van der Waals surface area contributed by atoms with Gasteiger partial charge in [0, 0.05) is 0 Å². The van der Waals surface area contributed by atoms with Crippen LogP contribution in [0.5, 0.6) is 0 Å². The number of rotatable bonds is 2. The topological polar surface area (TPSA) is 61.8 Å². The van der Waals surface area contributed by atoms with Crippen molar-refractivity contribution in [2.45, 2.75) is 0 Å². The van der Waals surface area contributed by atoms with E-state index in [1.165, 1.54) is 18.2 Å². The molecule has 0 atom stereocenters. The summed E-state index contributed by atoms with van der Waals surface area (Å²) in [5, 5.41) is 11.9. The van der Waals surface area contributed by atoms with Gasteiger partial charge in [-0.1, -0.05) is 12.1 Å². The summed E-state index contributed by atoms with van der Waals surface area (Å²) in [5.74, 6) is -0.379. The second kappa shape index (κ2) is 4.54. The van der Waals surface area contributed by atoms with Crippen molar-refractivity contribution in [2.24, 2.45) is 0 Å². The number of anilines is 3. The Hall–Kier alpha value is -2.54. The first-order chi connectivity index (χ1) is 8.20. The van der Waals surface area contributed by atoms with Crippen LogP contribution >= 0.6 is 0 Å². The zero-order valence-corrected chi connectivity index (χ0v) is 8.94. The Morgan fingerprint density at radius 1 is 1.12 bits per heavy atom. The van der Waals surface area contributed by atoms with Crippen LogP contribution in [0.1, 0.15) is 5.56 Å². The van der Waals surface area contributed by atoms with Crippen LogP contribution in [0.25, 0.3) is 0 Å². The molecule has 0 aliphatic rings. The van der Waals surface area contributed by atoms with Crippen LogP contribution in [-0.2, 0) is 0 Å². The molecule has 4 heteroatoms. The summed E-state index contributed by atoms with van der Waals surface area (Å²) in [7, 11) is 0. The second-order valence-corrected chi connectivity index (χ2v) is 3.51. The molecule has 84 valence electrons. The van der Waals surface area contributed by atoms with E-state index in [1.807, 2.05) is 0 Å². The van der Waals surface area contributed by atoms with Crippen molar-refractivity contribution in [1.82, 2.24) is 0 Å². The van der Waals surface area contributed by atoms with E-state index in [-0.39, 0.29) is 5.82 Å². The van der Waals surface area contributed by atoms with Gasteiger partial charge in [-0.15, -0.1) is 0 Å². The Balaban J connectivity index is 2.38. The van der Waals surface area contributed by atoms with Crippen LogP contribution in [0.2, 0.25) is 0 Å². The lowest BCUT2D eigenvalue weighted by Gasteiger charge is -2.10. The van der Waals surface area contributed by atoms with E-state index in [0.29, 0.717) is 22.6 Å². The van der Waals surface area contributed by atoms with Crippen LogP contribution in [-0.4, -0.2) is 0 Å². The zero-order chi connectivity index (χ0) is 12.3. The molecule has 0 aliphatic heterocycles. The van der Waals surface area contributed by atoms with E-state index >= 15 is 0 Å². The number of nitrogen functional groups attached to an aromatic ring is 1. The van der Waals surface area contributed by atoms with Crippen molar-refractivity contribution in [3.05, 3.63) is 53.8 Å². The minimum absolute atomic E-state index is 0.379. The molecule has 0 spiro atoms. The van der Waals surface area contributed by atoms with E-state index < -0.39 is 0 Å². The zero-order valence-electron chi connectivity index (χ0n) is 8.94. The third-order valence-corrected chi connectivity index (χ3v) is 2.33. The normalized spacial score (nSPS) is 9.65. The molecule has 0 bridgehead atoms. The molecule has 2 rings (SSSR count). The summed E-state index contributed by atoms with van der Waals surface area (Å²) in [6.07, 6.45) is 0. The number of benzene rings is 2. The van der Waals surface area contributed by atoms with Crippen LogP contribution in [0.4, 0.5) is 21.5 Å². The van der Waals surface area contributed by atoms with Gasteiger partial charge in [0.05, 0.1) is 22.6 Å². The van der Waals surface area contributed by atoms with E-state index in [2.05, 4.69) is 11.4 Å². The average molecular weight is 227 g/mol. The van der Waals surface area contributed by atoms with E-state index in [9.17, 15) is 4.39 Å². The highest BCUT2D eigenvalue weighted by molar-refractivity contribution is 5.75. The Bertz CT molecular complexity index is 587. The van der Waals surface area contributed by atoms with Crippen LogP contribution < -0.4 is 11.1 Å². The number of nitriles is 1. The van der Waals surface area contributed by atoms with Crippen molar-refractivity contribution < 1.29 is 4.39 Å². The smallest absolute Gasteiger partial charge is 0.125 e. The summed E-state index contributed by atoms with van der Waals surface area (Å²) >= 11 is 0. The van der Waals surface area contributed by atoms with Gasteiger partial charge in [-0.05, 0) is 30.3 Å². The van der Waals surface area contributed by atoms with Gasteiger partial charge in [-0.2, -0.15) is 5.26 Å². The highest BCUT2D eigenvalue weighted by Gasteiger charge is 2.04. The van der Waals surface area contributed by atoms with E-state index in [0.717, 1.165) is 0 Å². The lowest BCUT2D eigenvalue weighted by Crippen LogP contribution is -1.98. The molecule has 0 saturated carbocycles. The standard InChI is InChI=1S/C13H10FN3/c14-10-5-6-11(16)13(7-10)17-12-4-2-1-3-9(12)8-15/h1-7,17H,16H2. The van der Waals surface area contributed by atoms with Crippen LogP contribution in [0.3, 0.4) is 0 Å². The molecule has 0 amide bonds. The average Bonchev–Trinajstić information content (AvgIpc) is 2.34. The fraction of sp³-hybridized carbons (Fsp3) is 0. The summed E-state index contributed by atoms with van der Waals surface area (Å²) in [5.41, 5.74) is 7.68. The van der Waals surface area contributed by atoms with Gasteiger partial charge in [0.1, 0.15) is 11.9 Å². The third-order valence-electron chi connectivity index (χ3n) is 2.33. The molecule has 2 aromatic rings. The number of hydrogen-bond donors (Lipinski definition) is 2. The summed E-state index contributed by atoms with van der Waals surface area (Å²) < 4.78 is 13.1. The molecule has 0 saturated heterocycles. The number of nitrogens with zero attached hydrogens (tertiary/aromatic N) is 1. The Labute approximate surface area is 98.3 Å². The molecule has 0 radical (unpaired) electrons. The van der Waals surface area contributed by atoms with Gasteiger partial charge < -0.3 is 11.1 Å². The minimum atomic E-state index is -0.379. The maximum Gasteiger partial charge on any atom is 0.125 e. The number of nitrogens with one attached hydrogen (secondary N) is 1. The molecule has 0 heterocycles.